The van der Waals surface area contributed by atoms with Gasteiger partial charge in [0.25, 0.3) is 5.91 Å². The second kappa shape index (κ2) is 4.97. The number of carbonyl (C=O) groups is 1. The molecule has 0 heterocycles. The van der Waals surface area contributed by atoms with Gasteiger partial charge in [-0.1, -0.05) is 48.5 Å². The van der Waals surface area contributed by atoms with Gasteiger partial charge in [-0.3, -0.25) is 4.79 Å². The zero-order valence-corrected chi connectivity index (χ0v) is 11.7. The summed E-state index contributed by atoms with van der Waals surface area (Å²) in [7, 11) is 0. The Hall–Kier alpha value is -2.35. The third kappa shape index (κ3) is 2.14. The average Bonchev–Trinajstić information content (AvgIpc) is 2.43. The maximum Gasteiger partial charge on any atom is 0.252 e. The summed E-state index contributed by atoms with van der Waals surface area (Å²) >= 11 is 0. The van der Waals surface area contributed by atoms with Crippen molar-refractivity contribution in [1.29, 1.82) is 0 Å². The van der Waals surface area contributed by atoms with Crippen LogP contribution < -0.4 is 5.32 Å². The Morgan fingerprint density at radius 1 is 0.900 bits per heavy atom. The standard InChI is InChI=1S/C18H17NO/c1-12(2)19-18(20)17-15-9-5-3-7-13(15)11-14-8-4-6-10-16(14)17/h3-12H,1-2H3,(H,19,20). The molecule has 2 nitrogen and oxygen atoms in total. The first-order valence-electron chi connectivity index (χ1n) is 6.88. The van der Waals surface area contributed by atoms with Gasteiger partial charge >= 0.3 is 0 Å². The number of benzene rings is 3. The molecular weight excluding hydrogens is 246 g/mol. The van der Waals surface area contributed by atoms with Crippen molar-refractivity contribution >= 4 is 27.5 Å². The Labute approximate surface area is 118 Å². The van der Waals surface area contributed by atoms with Crippen molar-refractivity contribution in [2.75, 3.05) is 0 Å². The predicted octanol–water partition coefficient (Wildman–Crippen LogP) is 4.13. The van der Waals surface area contributed by atoms with E-state index in [-0.39, 0.29) is 11.9 Å². The summed E-state index contributed by atoms with van der Waals surface area (Å²) in [6.07, 6.45) is 0. The molecule has 2 heteroatoms. The summed E-state index contributed by atoms with van der Waals surface area (Å²) in [4.78, 5) is 12.6. The molecule has 3 aromatic rings. The summed E-state index contributed by atoms with van der Waals surface area (Å²) in [5.41, 5.74) is 0.771. The molecular formula is C18H17NO. The van der Waals surface area contributed by atoms with Gasteiger partial charge in [-0.2, -0.15) is 0 Å². The van der Waals surface area contributed by atoms with Crippen LogP contribution in [-0.4, -0.2) is 11.9 Å². The Bertz CT molecular complexity index is 736. The van der Waals surface area contributed by atoms with Crippen LogP contribution in [-0.2, 0) is 0 Å². The van der Waals surface area contributed by atoms with Crippen molar-refractivity contribution in [2.24, 2.45) is 0 Å². The minimum Gasteiger partial charge on any atom is -0.350 e. The smallest absolute Gasteiger partial charge is 0.252 e. The summed E-state index contributed by atoms with van der Waals surface area (Å²) in [6.45, 7) is 3.95. The molecule has 0 radical (unpaired) electrons. The molecule has 0 saturated heterocycles. The number of hydrogen-bond donors (Lipinski definition) is 1. The quantitative estimate of drug-likeness (QED) is 0.692. The van der Waals surface area contributed by atoms with Crippen molar-refractivity contribution in [3.05, 3.63) is 60.2 Å². The third-order valence-corrected chi connectivity index (χ3v) is 3.42. The van der Waals surface area contributed by atoms with Crippen LogP contribution in [0.1, 0.15) is 24.2 Å². The number of nitrogens with one attached hydrogen (secondary N) is 1. The van der Waals surface area contributed by atoms with E-state index in [1.54, 1.807) is 0 Å². The highest BCUT2D eigenvalue weighted by atomic mass is 16.1. The Morgan fingerprint density at radius 3 is 1.90 bits per heavy atom. The highest BCUT2D eigenvalue weighted by Crippen LogP contribution is 2.28. The van der Waals surface area contributed by atoms with Crippen LogP contribution in [0.2, 0.25) is 0 Å². The lowest BCUT2D eigenvalue weighted by molar-refractivity contribution is 0.0946. The lowest BCUT2D eigenvalue weighted by atomic mass is 9.96. The normalized spacial score (nSPS) is 11.2. The number of fused-ring (bicyclic) bond motifs is 2. The largest absolute Gasteiger partial charge is 0.350 e. The van der Waals surface area contributed by atoms with Gasteiger partial charge in [0.05, 0.1) is 5.56 Å². The van der Waals surface area contributed by atoms with Gasteiger partial charge in [0.15, 0.2) is 0 Å². The molecule has 100 valence electrons. The molecule has 1 amide bonds. The first-order chi connectivity index (χ1) is 9.66. The van der Waals surface area contributed by atoms with Gasteiger partial charge in [0.1, 0.15) is 0 Å². The lowest BCUT2D eigenvalue weighted by Gasteiger charge is -2.13. The molecule has 0 aliphatic heterocycles. The molecule has 0 saturated carbocycles. The average molecular weight is 263 g/mol. The molecule has 0 aliphatic carbocycles. The topological polar surface area (TPSA) is 29.1 Å². The monoisotopic (exact) mass is 263 g/mol. The minimum absolute atomic E-state index is 0.00648. The van der Waals surface area contributed by atoms with Crippen LogP contribution >= 0.6 is 0 Å². The maximum absolute atomic E-state index is 12.6. The van der Waals surface area contributed by atoms with Gasteiger partial charge in [0.2, 0.25) is 0 Å². The van der Waals surface area contributed by atoms with E-state index >= 15 is 0 Å². The fraction of sp³-hybridized carbons (Fsp3) is 0.167. The van der Waals surface area contributed by atoms with Crippen LogP contribution in [0.25, 0.3) is 21.5 Å². The molecule has 0 atom stereocenters. The second-order valence-corrected chi connectivity index (χ2v) is 5.32. The fourth-order valence-electron chi connectivity index (χ4n) is 2.59. The van der Waals surface area contributed by atoms with E-state index in [0.29, 0.717) is 0 Å². The van der Waals surface area contributed by atoms with Crippen LogP contribution in [0.5, 0.6) is 0 Å². The van der Waals surface area contributed by atoms with Crippen molar-refractivity contribution in [2.45, 2.75) is 19.9 Å². The van der Waals surface area contributed by atoms with Gasteiger partial charge in [-0.05, 0) is 41.5 Å². The number of rotatable bonds is 2. The molecule has 0 aromatic heterocycles. The van der Waals surface area contributed by atoms with Gasteiger partial charge in [-0.15, -0.1) is 0 Å². The molecule has 0 aliphatic rings. The molecule has 0 unspecified atom stereocenters. The summed E-state index contributed by atoms with van der Waals surface area (Å²) < 4.78 is 0. The first-order valence-corrected chi connectivity index (χ1v) is 6.88. The van der Waals surface area contributed by atoms with Crippen LogP contribution in [0.3, 0.4) is 0 Å². The lowest BCUT2D eigenvalue weighted by Crippen LogP contribution is -2.30. The van der Waals surface area contributed by atoms with Crippen molar-refractivity contribution in [3.8, 4) is 0 Å². The Kier molecular flexibility index (Phi) is 3.15. The summed E-state index contributed by atoms with van der Waals surface area (Å²) in [5, 5.41) is 7.21. The zero-order chi connectivity index (χ0) is 14.1. The van der Waals surface area contributed by atoms with Gasteiger partial charge < -0.3 is 5.32 Å². The van der Waals surface area contributed by atoms with Crippen LogP contribution in [0, 0.1) is 0 Å². The van der Waals surface area contributed by atoms with E-state index in [4.69, 9.17) is 0 Å². The molecule has 0 fully saturated rings. The van der Waals surface area contributed by atoms with Crippen molar-refractivity contribution < 1.29 is 4.79 Å². The number of amides is 1. The maximum atomic E-state index is 12.6. The molecule has 20 heavy (non-hydrogen) atoms. The Morgan fingerprint density at radius 2 is 1.40 bits per heavy atom. The van der Waals surface area contributed by atoms with Gasteiger partial charge in [0, 0.05) is 6.04 Å². The summed E-state index contributed by atoms with van der Waals surface area (Å²) in [5.74, 6) is -0.00648. The van der Waals surface area contributed by atoms with Crippen LogP contribution in [0.15, 0.2) is 54.6 Å². The molecule has 0 bridgehead atoms. The molecule has 1 N–H and O–H groups in total. The van der Waals surface area contributed by atoms with Crippen LogP contribution in [0.4, 0.5) is 0 Å². The van der Waals surface area contributed by atoms with Crippen molar-refractivity contribution in [3.63, 3.8) is 0 Å². The summed E-state index contributed by atoms with van der Waals surface area (Å²) in [6, 6.07) is 18.3. The molecule has 0 spiro atoms. The van der Waals surface area contributed by atoms with E-state index in [1.807, 2.05) is 62.4 Å². The zero-order valence-electron chi connectivity index (χ0n) is 11.7. The molecule has 3 aromatic carbocycles. The molecule has 3 rings (SSSR count). The number of carbonyl (C=O) groups excluding carboxylic acids is 1. The number of hydrogen-bond acceptors (Lipinski definition) is 1. The highest BCUT2D eigenvalue weighted by molar-refractivity contribution is 6.18. The van der Waals surface area contributed by atoms with E-state index in [2.05, 4.69) is 11.4 Å². The van der Waals surface area contributed by atoms with E-state index in [0.717, 1.165) is 27.1 Å². The highest BCUT2D eigenvalue weighted by Gasteiger charge is 2.15. The second-order valence-electron chi connectivity index (χ2n) is 5.32. The fourth-order valence-corrected chi connectivity index (χ4v) is 2.59. The van der Waals surface area contributed by atoms with Crippen molar-refractivity contribution in [1.82, 2.24) is 5.32 Å². The third-order valence-electron chi connectivity index (χ3n) is 3.42. The first kappa shape index (κ1) is 12.7. The minimum atomic E-state index is -0.00648. The van der Waals surface area contributed by atoms with E-state index in [9.17, 15) is 4.79 Å². The van der Waals surface area contributed by atoms with E-state index in [1.165, 1.54) is 0 Å². The van der Waals surface area contributed by atoms with Gasteiger partial charge in [-0.25, -0.2) is 0 Å². The Balaban J connectivity index is 2.36. The predicted molar refractivity (Wildman–Crippen MR) is 84.1 cm³/mol. The SMILES string of the molecule is CC(C)NC(=O)c1c2ccccc2cc2ccccc12. The van der Waals surface area contributed by atoms with E-state index < -0.39 is 0 Å².